The number of amides is 2. The number of carbonyl (C=O) groups is 3. The van der Waals surface area contributed by atoms with E-state index >= 15 is 0 Å². The Bertz CT molecular complexity index is 943. The third kappa shape index (κ3) is 2.41. The van der Waals surface area contributed by atoms with Crippen molar-refractivity contribution in [1.29, 1.82) is 0 Å². The molecule has 0 radical (unpaired) electrons. The number of nitrogens with zero attached hydrogens (tertiary/aromatic N) is 1. The van der Waals surface area contributed by atoms with Gasteiger partial charge in [0.15, 0.2) is 5.60 Å². The van der Waals surface area contributed by atoms with Crippen molar-refractivity contribution in [3.8, 4) is 5.75 Å². The minimum absolute atomic E-state index is 0.00695. The van der Waals surface area contributed by atoms with Crippen LogP contribution in [0, 0.1) is 11.3 Å². The van der Waals surface area contributed by atoms with Crippen molar-refractivity contribution in [3.63, 3.8) is 0 Å². The predicted molar refractivity (Wildman–Crippen MR) is 108 cm³/mol. The first-order valence-corrected chi connectivity index (χ1v) is 10.1. The molecular weight excluding hydrogens is 370 g/mol. The van der Waals surface area contributed by atoms with E-state index in [2.05, 4.69) is 0 Å². The fourth-order valence-electron chi connectivity index (χ4n) is 5.33. The zero-order valence-electron chi connectivity index (χ0n) is 18.2. The van der Waals surface area contributed by atoms with Gasteiger partial charge in [-0.3, -0.25) is 14.4 Å². The van der Waals surface area contributed by atoms with E-state index in [1.165, 1.54) is 4.90 Å². The van der Waals surface area contributed by atoms with Crippen LogP contribution in [0.15, 0.2) is 18.2 Å². The van der Waals surface area contributed by atoms with Crippen LogP contribution in [-0.2, 0) is 24.5 Å². The number of methoxy groups -OCH3 is 1. The van der Waals surface area contributed by atoms with Crippen LogP contribution < -0.4 is 9.64 Å². The molecule has 3 aliphatic rings. The van der Waals surface area contributed by atoms with Gasteiger partial charge >= 0.3 is 0 Å². The topological polar surface area (TPSA) is 72.9 Å². The fraction of sp³-hybridized carbons (Fsp3) is 0.609. The molecule has 0 aromatic heterocycles. The third-order valence-corrected chi connectivity index (χ3v) is 6.80. The lowest BCUT2D eigenvalue weighted by molar-refractivity contribution is -0.263. The molecule has 1 aliphatic carbocycles. The van der Waals surface area contributed by atoms with E-state index in [1.54, 1.807) is 26.2 Å². The Morgan fingerprint density at radius 2 is 1.76 bits per heavy atom. The van der Waals surface area contributed by atoms with Gasteiger partial charge in [0.25, 0.3) is 5.91 Å². The summed E-state index contributed by atoms with van der Waals surface area (Å²) in [6, 6.07) is 5.37. The van der Waals surface area contributed by atoms with Crippen molar-refractivity contribution in [3.05, 3.63) is 23.8 Å². The average molecular weight is 399 g/mol. The van der Waals surface area contributed by atoms with Crippen molar-refractivity contribution in [1.82, 2.24) is 0 Å². The Morgan fingerprint density at radius 1 is 1.10 bits per heavy atom. The Kier molecular flexibility index (Phi) is 3.94. The van der Waals surface area contributed by atoms with Crippen LogP contribution in [0.2, 0.25) is 0 Å². The SMILES string of the molecule is COc1ccc(N2C(=O)[C@@]3(C)C[C@@H]4C(=O)CC(C)(C)O[C@@]43C2=O)c(C(C)(C)C)c1. The quantitative estimate of drug-likeness (QED) is 0.713. The highest BCUT2D eigenvalue weighted by atomic mass is 16.5. The maximum atomic E-state index is 13.8. The van der Waals surface area contributed by atoms with E-state index < -0.39 is 28.4 Å². The number of rotatable bonds is 2. The number of carbonyl (C=O) groups excluding carboxylic acids is 3. The molecule has 6 nitrogen and oxygen atoms in total. The van der Waals surface area contributed by atoms with Crippen molar-refractivity contribution in [2.75, 3.05) is 12.0 Å². The molecule has 3 atom stereocenters. The molecule has 3 fully saturated rings. The molecule has 1 aromatic rings. The molecule has 1 aromatic carbocycles. The van der Waals surface area contributed by atoms with Crippen molar-refractivity contribution in [2.45, 2.75) is 71.0 Å². The highest BCUT2D eigenvalue weighted by Gasteiger charge is 2.82. The molecule has 2 heterocycles. The lowest BCUT2D eigenvalue weighted by Crippen LogP contribution is -2.73. The van der Waals surface area contributed by atoms with Gasteiger partial charge in [0.1, 0.15) is 11.5 Å². The predicted octanol–water partition coefficient (Wildman–Crippen LogP) is 3.40. The summed E-state index contributed by atoms with van der Waals surface area (Å²) in [5.41, 5.74) is -2.18. The zero-order chi connectivity index (χ0) is 21.6. The Balaban J connectivity index is 1.88. The van der Waals surface area contributed by atoms with Crippen molar-refractivity contribution >= 4 is 23.3 Å². The Hall–Kier alpha value is -2.21. The minimum Gasteiger partial charge on any atom is -0.497 e. The van der Waals surface area contributed by atoms with Crippen LogP contribution in [0.4, 0.5) is 5.69 Å². The second-order valence-electron chi connectivity index (χ2n) is 10.4. The van der Waals surface area contributed by atoms with Gasteiger partial charge in [0.2, 0.25) is 5.91 Å². The monoisotopic (exact) mass is 399 g/mol. The molecule has 0 bridgehead atoms. The second-order valence-corrected chi connectivity index (χ2v) is 10.4. The zero-order valence-corrected chi connectivity index (χ0v) is 18.2. The molecule has 1 saturated carbocycles. The molecule has 29 heavy (non-hydrogen) atoms. The number of ketones is 1. The summed E-state index contributed by atoms with van der Waals surface area (Å²) in [6.45, 7) is 11.5. The summed E-state index contributed by atoms with van der Waals surface area (Å²) >= 11 is 0. The number of ether oxygens (including phenoxy) is 2. The number of hydrogen-bond donors (Lipinski definition) is 0. The Labute approximate surface area is 171 Å². The number of anilines is 1. The molecule has 4 rings (SSSR count). The lowest BCUT2D eigenvalue weighted by atomic mass is 9.49. The molecule has 2 saturated heterocycles. The maximum Gasteiger partial charge on any atom is 0.267 e. The van der Waals surface area contributed by atoms with Gasteiger partial charge in [0.05, 0.1) is 29.7 Å². The number of imide groups is 1. The van der Waals surface area contributed by atoms with E-state index in [0.717, 1.165) is 5.56 Å². The van der Waals surface area contributed by atoms with E-state index in [0.29, 0.717) is 17.9 Å². The first-order chi connectivity index (χ1) is 13.3. The second kappa shape index (κ2) is 5.69. The summed E-state index contributed by atoms with van der Waals surface area (Å²) < 4.78 is 11.7. The number of hydrogen-bond acceptors (Lipinski definition) is 5. The summed E-state index contributed by atoms with van der Waals surface area (Å²) in [6.07, 6.45) is 0.608. The average Bonchev–Trinajstić information content (AvgIpc) is 2.70. The highest BCUT2D eigenvalue weighted by molar-refractivity contribution is 6.29. The molecule has 2 aliphatic heterocycles. The summed E-state index contributed by atoms with van der Waals surface area (Å²) in [4.78, 5) is 41.4. The van der Waals surface area contributed by atoms with Crippen LogP contribution in [0.25, 0.3) is 0 Å². The lowest BCUT2D eigenvalue weighted by Gasteiger charge is -2.59. The summed E-state index contributed by atoms with van der Waals surface area (Å²) in [7, 11) is 1.59. The standard InChI is InChI=1S/C23H29NO5/c1-20(2,3)14-10-13(28-7)8-9-16(14)24-18(26)22(6)11-15-17(25)12-21(4,5)29-23(15,22)19(24)27/h8-10,15H,11-12H2,1-7H3/t15-,22-,23-/m1/s1. The largest absolute Gasteiger partial charge is 0.497 e. The molecule has 1 spiro atoms. The van der Waals surface area contributed by atoms with Crippen molar-refractivity contribution < 1.29 is 23.9 Å². The van der Waals surface area contributed by atoms with Gasteiger partial charge in [0, 0.05) is 6.42 Å². The third-order valence-electron chi connectivity index (χ3n) is 6.80. The first kappa shape index (κ1) is 20.1. The normalized spacial score (nSPS) is 33.3. The molecule has 0 unspecified atom stereocenters. The summed E-state index contributed by atoms with van der Waals surface area (Å²) in [5.74, 6) is -0.600. The molecule has 156 valence electrons. The number of Topliss-reactive ketones (excluding diaryl/α,β-unsaturated/α-hetero) is 1. The van der Waals surface area contributed by atoms with Gasteiger partial charge in [-0.25, -0.2) is 4.90 Å². The van der Waals surface area contributed by atoms with Crippen LogP contribution >= 0.6 is 0 Å². The van der Waals surface area contributed by atoms with Crippen LogP contribution in [0.3, 0.4) is 0 Å². The van der Waals surface area contributed by atoms with Crippen LogP contribution in [0.5, 0.6) is 5.75 Å². The molecule has 0 N–H and O–H groups in total. The van der Waals surface area contributed by atoms with Gasteiger partial charge in [-0.15, -0.1) is 0 Å². The molecular formula is C23H29NO5. The summed E-state index contributed by atoms with van der Waals surface area (Å²) in [5, 5.41) is 0. The van der Waals surface area contributed by atoms with E-state index in [-0.39, 0.29) is 23.5 Å². The van der Waals surface area contributed by atoms with Crippen LogP contribution in [-0.4, -0.2) is 35.9 Å². The number of benzene rings is 1. The van der Waals surface area contributed by atoms with Gasteiger partial charge in [-0.2, -0.15) is 0 Å². The molecule has 2 amide bonds. The highest BCUT2D eigenvalue weighted by Crippen LogP contribution is 2.66. The van der Waals surface area contributed by atoms with E-state index in [1.807, 2.05) is 40.7 Å². The smallest absolute Gasteiger partial charge is 0.267 e. The minimum atomic E-state index is -1.40. The molecule has 6 heteroatoms. The van der Waals surface area contributed by atoms with E-state index in [4.69, 9.17) is 9.47 Å². The fourth-order valence-corrected chi connectivity index (χ4v) is 5.33. The van der Waals surface area contributed by atoms with Crippen molar-refractivity contribution in [2.24, 2.45) is 11.3 Å². The first-order valence-electron chi connectivity index (χ1n) is 10.1. The maximum absolute atomic E-state index is 13.8. The Morgan fingerprint density at radius 3 is 2.34 bits per heavy atom. The van der Waals surface area contributed by atoms with Gasteiger partial charge < -0.3 is 9.47 Å². The van der Waals surface area contributed by atoms with Gasteiger partial charge in [-0.1, -0.05) is 20.8 Å². The van der Waals surface area contributed by atoms with Crippen LogP contribution in [0.1, 0.15) is 59.9 Å². The van der Waals surface area contributed by atoms with Gasteiger partial charge in [-0.05, 0) is 56.4 Å². The van der Waals surface area contributed by atoms with E-state index in [9.17, 15) is 14.4 Å².